The number of nitrogens with zero attached hydrogens (tertiary/aromatic N) is 3. The smallest absolute Gasteiger partial charge is 0.267 e. The molecule has 0 aliphatic carbocycles. The van der Waals surface area contributed by atoms with Crippen LogP contribution in [0.1, 0.15) is 22.8 Å². The minimum Gasteiger partial charge on any atom is -0.361 e. The summed E-state index contributed by atoms with van der Waals surface area (Å²) in [4.78, 5) is 16.2. The predicted molar refractivity (Wildman–Crippen MR) is 71.0 cm³/mol. The zero-order valence-corrected chi connectivity index (χ0v) is 12.0. The lowest BCUT2D eigenvalue weighted by Crippen LogP contribution is -2.26. The summed E-state index contributed by atoms with van der Waals surface area (Å²) in [5.41, 5.74) is 1.73. The Morgan fingerprint density at radius 1 is 1.41 bits per heavy atom. The van der Waals surface area contributed by atoms with Gasteiger partial charge in [0.05, 0.1) is 15.8 Å². The number of hydrogen-bond donors (Lipinski definition) is 0. The molecule has 0 saturated carbocycles. The van der Waals surface area contributed by atoms with Crippen molar-refractivity contribution in [1.29, 1.82) is 0 Å². The zero-order valence-electron chi connectivity index (χ0n) is 9.82. The fraction of sp³-hybridized carbons (Fsp3) is 0.364. The first-order chi connectivity index (χ1) is 8.00. The highest BCUT2D eigenvalue weighted by atomic mass is 127. The Labute approximate surface area is 112 Å². The van der Waals surface area contributed by atoms with Gasteiger partial charge in [-0.05, 0) is 43.4 Å². The van der Waals surface area contributed by atoms with E-state index in [9.17, 15) is 4.79 Å². The van der Waals surface area contributed by atoms with Gasteiger partial charge in [0.2, 0.25) is 0 Å². The normalized spacial score (nSPS) is 10.8. The van der Waals surface area contributed by atoms with Crippen LogP contribution in [0.3, 0.4) is 0 Å². The summed E-state index contributed by atoms with van der Waals surface area (Å²) in [5.74, 6) is 1.43. The standard InChI is InChI=1S/C11H12IN3O2/c1-6-9(7(2)17-14-6)5-15-8(3)13-4-10(12)11(15)16/h4H,5H2,1-3H3. The van der Waals surface area contributed by atoms with Crippen LogP contribution in [0.25, 0.3) is 0 Å². The van der Waals surface area contributed by atoms with Crippen molar-refractivity contribution in [3.63, 3.8) is 0 Å². The zero-order chi connectivity index (χ0) is 12.6. The van der Waals surface area contributed by atoms with Gasteiger partial charge in [0.15, 0.2) is 0 Å². The van der Waals surface area contributed by atoms with E-state index in [1.165, 1.54) is 0 Å². The molecule has 2 aromatic heterocycles. The number of hydrogen-bond acceptors (Lipinski definition) is 4. The van der Waals surface area contributed by atoms with Gasteiger partial charge >= 0.3 is 0 Å². The molecule has 0 amide bonds. The van der Waals surface area contributed by atoms with Gasteiger partial charge in [0.25, 0.3) is 5.56 Å². The van der Waals surface area contributed by atoms with Crippen LogP contribution in [0.5, 0.6) is 0 Å². The highest BCUT2D eigenvalue weighted by molar-refractivity contribution is 14.1. The van der Waals surface area contributed by atoms with E-state index in [2.05, 4.69) is 10.1 Å². The van der Waals surface area contributed by atoms with Crippen molar-refractivity contribution >= 4 is 22.6 Å². The van der Waals surface area contributed by atoms with Gasteiger partial charge in [-0.3, -0.25) is 9.36 Å². The summed E-state index contributed by atoms with van der Waals surface area (Å²) in [6.07, 6.45) is 1.59. The van der Waals surface area contributed by atoms with Crippen LogP contribution in [-0.2, 0) is 6.54 Å². The Balaban J connectivity index is 2.50. The molecule has 0 aliphatic rings. The van der Waals surface area contributed by atoms with E-state index in [1.807, 2.05) is 43.4 Å². The average Bonchev–Trinajstić information content (AvgIpc) is 2.60. The van der Waals surface area contributed by atoms with E-state index in [1.54, 1.807) is 10.8 Å². The van der Waals surface area contributed by atoms with Gasteiger partial charge in [0.1, 0.15) is 11.6 Å². The minimum absolute atomic E-state index is 0.0295. The second kappa shape index (κ2) is 4.59. The van der Waals surface area contributed by atoms with E-state index >= 15 is 0 Å². The van der Waals surface area contributed by atoms with Gasteiger partial charge in [0, 0.05) is 11.8 Å². The van der Waals surface area contributed by atoms with Gasteiger partial charge in [-0.2, -0.15) is 0 Å². The van der Waals surface area contributed by atoms with Crippen LogP contribution in [-0.4, -0.2) is 14.7 Å². The van der Waals surface area contributed by atoms with Crippen molar-refractivity contribution in [2.75, 3.05) is 0 Å². The summed E-state index contributed by atoms with van der Waals surface area (Å²) in [6, 6.07) is 0. The van der Waals surface area contributed by atoms with E-state index < -0.39 is 0 Å². The number of rotatable bonds is 2. The van der Waals surface area contributed by atoms with Crippen LogP contribution in [0.2, 0.25) is 0 Å². The van der Waals surface area contributed by atoms with Gasteiger partial charge in [-0.15, -0.1) is 0 Å². The first kappa shape index (κ1) is 12.3. The minimum atomic E-state index is -0.0295. The molecule has 2 aromatic rings. The number of halogens is 1. The van der Waals surface area contributed by atoms with Gasteiger partial charge in [-0.1, -0.05) is 5.16 Å². The Morgan fingerprint density at radius 3 is 2.71 bits per heavy atom. The molecule has 0 spiro atoms. The average molecular weight is 345 g/mol. The molecule has 0 bridgehead atoms. The van der Waals surface area contributed by atoms with E-state index in [4.69, 9.17) is 4.52 Å². The van der Waals surface area contributed by atoms with Crippen molar-refractivity contribution in [2.45, 2.75) is 27.3 Å². The molecule has 0 fully saturated rings. The monoisotopic (exact) mass is 345 g/mol. The third kappa shape index (κ3) is 2.26. The van der Waals surface area contributed by atoms with Crippen LogP contribution in [0.4, 0.5) is 0 Å². The molecule has 5 nitrogen and oxygen atoms in total. The Morgan fingerprint density at radius 2 is 2.12 bits per heavy atom. The largest absolute Gasteiger partial charge is 0.361 e. The molecule has 0 radical (unpaired) electrons. The van der Waals surface area contributed by atoms with Crippen molar-refractivity contribution < 1.29 is 4.52 Å². The van der Waals surface area contributed by atoms with E-state index in [0.717, 1.165) is 17.0 Å². The summed E-state index contributed by atoms with van der Waals surface area (Å²) in [7, 11) is 0. The van der Waals surface area contributed by atoms with Crippen molar-refractivity contribution in [3.8, 4) is 0 Å². The number of aryl methyl sites for hydroxylation is 3. The molecule has 0 aliphatic heterocycles. The molecular weight excluding hydrogens is 333 g/mol. The molecule has 90 valence electrons. The van der Waals surface area contributed by atoms with Crippen LogP contribution >= 0.6 is 22.6 Å². The van der Waals surface area contributed by atoms with Crippen molar-refractivity contribution in [1.82, 2.24) is 14.7 Å². The quantitative estimate of drug-likeness (QED) is 0.779. The highest BCUT2D eigenvalue weighted by Crippen LogP contribution is 2.13. The Kier molecular flexibility index (Phi) is 3.32. The molecule has 2 heterocycles. The SMILES string of the molecule is Cc1noc(C)c1Cn1c(C)ncc(I)c1=O. The van der Waals surface area contributed by atoms with E-state index in [0.29, 0.717) is 15.9 Å². The Hall–Kier alpha value is -1.18. The van der Waals surface area contributed by atoms with Crippen LogP contribution in [0.15, 0.2) is 15.5 Å². The fourth-order valence-corrected chi connectivity index (χ4v) is 2.05. The second-order valence-electron chi connectivity index (χ2n) is 3.85. The summed E-state index contributed by atoms with van der Waals surface area (Å²) >= 11 is 1.99. The third-order valence-corrected chi connectivity index (χ3v) is 3.44. The maximum absolute atomic E-state index is 12.0. The first-order valence-electron chi connectivity index (χ1n) is 5.14. The molecule has 0 atom stereocenters. The third-order valence-electron chi connectivity index (χ3n) is 2.70. The van der Waals surface area contributed by atoms with E-state index in [-0.39, 0.29) is 5.56 Å². The van der Waals surface area contributed by atoms with Gasteiger partial charge in [-0.25, -0.2) is 4.98 Å². The summed E-state index contributed by atoms with van der Waals surface area (Å²) < 4.78 is 7.33. The molecule has 6 heteroatoms. The first-order valence-corrected chi connectivity index (χ1v) is 6.22. The maximum atomic E-state index is 12.0. The lowest BCUT2D eigenvalue weighted by molar-refractivity contribution is 0.392. The summed E-state index contributed by atoms with van der Waals surface area (Å²) in [5, 5.41) is 3.88. The highest BCUT2D eigenvalue weighted by Gasteiger charge is 2.13. The van der Waals surface area contributed by atoms with Crippen molar-refractivity contribution in [3.05, 3.63) is 43.0 Å². The fourth-order valence-electron chi connectivity index (χ4n) is 1.62. The molecule has 0 unspecified atom stereocenters. The lowest BCUT2D eigenvalue weighted by atomic mass is 10.2. The molecule has 17 heavy (non-hydrogen) atoms. The van der Waals surface area contributed by atoms with Crippen molar-refractivity contribution in [2.24, 2.45) is 0 Å². The van der Waals surface area contributed by atoms with Crippen LogP contribution in [0, 0.1) is 24.3 Å². The van der Waals surface area contributed by atoms with Gasteiger partial charge < -0.3 is 4.52 Å². The molecule has 0 saturated heterocycles. The Bertz CT molecular complexity index is 596. The predicted octanol–water partition coefficient (Wildman–Crippen LogP) is 1.81. The maximum Gasteiger partial charge on any atom is 0.267 e. The lowest BCUT2D eigenvalue weighted by Gasteiger charge is -2.08. The summed E-state index contributed by atoms with van der Waals surface area (Å²) in [6.45, 7) is 5.98. The molecule has 2 rings (SSSR count). The topological polar surface area (TPSA) is 60.9 Å². The van der Waals surface area contributed by atoms with Crippen LogP contribution < -0.4 is 5.56 Å². The molecule has 0 aromatic carbocycles. The molecular formula is C11H12IN3O2. The second-order valence-corrected chi connectivity index (χ2v) is 5.01. The molecule has 0 N–H and O–H groups in total. The number of aromatic nitrogens is 3.